The summed E-state index contributed by atoms with van der Waals surface area (Å²) in [5, 5.41) is 9.10. The summed E-state index contributed by atoms with van der Waals surface area (Å²) in [6, 6.07) is 0. The third-order valence-electron chi connectivity index (χ3n) is 4.34. The predicted molar refractivity (Wildman–Crippen MR) is 110 cm³/mol. The molecule has 0 saturated carbocycles. The summed E-state index contributed by atoms with van der Waals surface area (Å²) in [7, 11) is 3.30. The van der Waals surface area contributed by atoms with Gasteiger partial charge in [-0.25, -0.2) is 5.48 Å². The number of allylic oxidation sites excluding steroid dienone is 3. The molecule has 0 aliphatic carbocycles. The average Bonchev–Trinajstić information content (AvgIpc) is 3.19. The van der Waals surface area contributed by atoms with E-state index in [-0.39, 0.29) is 18.2 Å². The van der Waals surface area contributed by atoms with E-state index in [1.807, 2.05) is 12.3 Å². The fraction of sp³-hybridized carbons (Fsp3) is 0.444. The smallest absolute Gasteiger partial charge is 0.306 e. The van der Waals surface area contributed by atoms with Gasteiger partial charge in [-0.3, -0.25) is 9.80 Å². The van der Waals surface area contributed by atoms with Gasteiger partial charge in [0.15, 0.2) is 5.78 Å². The van der Waals surface area contributed by atoms with E-state index in [9.17, 15) is 4.79 Å². The molecule has 29 heavy (non-hydrogen) atoms. The van der Waals surface area contributed by atoms with Crippen molar-refractivity contribution in [1.29, 1.82) is 0 Å². The van der Waals surface area contributed by atoms with Crippen molar-refractivity contribution in [2.45, 2.75) is 13.3 Å². The fourth-order valence-corrected chi connectivity index (χ4v) is 3.17. The van der Waals surface area contributed by atoms with Crippen molar-refractivity contribution in [2.75, 3.05) is 33.9 Å². The van der Waals surface area contributed by atoms with Crippen LogP contribution < -0.4 is 21.1 Å². The van der Waals surface area contributed by atoms with E-state index in [0.29, 0.717) is 30.7 Å². The van der Waals surface area contributed by atoms with E-state index in [1.54, 1.807) is 31.3 Å². The second-order valence-corrected chi connectivity index (χ2v) is 7.53. The number of carbonyl (C=O) groups is 1. The number of hydrazone groups is 1. The van der Waals surface area contributed by atoms with Gasteiger partial charge in [-0.2, -0.15) is 4.83 Å². The van der Waals surface area contributed by atoms with Crippen LogP contribution in [0.2, 0.25) is 0 Å². The van der Waals surface area contributed by atoms with E-state index in [2.05, 4.69) is 33.1 Å². The number of likely N-dealkylation sites (N-methyl/N-ethyl adjacent to an activating group) is 1. The molecule has 0 aromatic carbocycles. The maximum atomic E-state index is 12.4. The van der Waals surface area contributed by atoms with E-state index < -0.39 is 0 Å². The molecule has 158 valence electrons. The molecule has 0 unspecified atom stereocenters. The van der Waals surface area contributed by atoms with Crippen molar-refractivity contribution >= 4 is 23.6 Å². The van der Waals surface area contributed by atoms with Gasteiger partial charge in [0.25, 0.3) is 0 Å². The minimum absolute atomic E-state index is 0.0397. The quantitative estimate of drug-likeness (QED) is 0.420. The second-order valence-electron chi connectivity index (χ2n) is 6.60. The fourth-order valence-electron chi connectivity index (χ4n) is 2.66. The number of nitrogens with one attached hydrogen (secondary N) is 4. The maximum absolute atomic E-state index is 12.4. The molecule has 10 nitrogen and oxygen atoms in total. The van der Waals surface area contributed by atoms with Crippen LogP contribution in [0.5, 0.6) is 0 Å². The highest BCUT2D eigenvalue weighted by Crippen LogP contribution is 2.18. The summed E-state index contributed by atoms with van der Waals surface area (Å²) in [6.07, 6.45) is 7.94. The summed E-state index contributed by atoms with van der Waals surface area (Å²) < 4.78 is 10.9. The zero-order valence-corrected chi connectivity index (χ0v) is 17.5. The van der Waals surface area contributed by atoms with Crippen molar-refractivity contribution in [3.8, 4) is 0 Å². The number of ketones is 1. The highest BCUT2D eigenvalue weighted by molar-refractivity contribution is 8.01. The minimum Gasteiger partial charge on any atom is -0.477 e. The Bertz CT molecular complexity index is 776. The molecule has 0 amide bonds. The highest BCUT2D eigenvalue weighted by atomic mass is 32.2. The number of hydrogen-bond donors (Lipinski definition) is 4. The lowest BCUT2D eigenvalue weighted by atomic mass is 10.0. The van der Waals surface area contributed by atoms with Crippen molar-refractivity contribution in [1.82, 2.24) is 26.1 Å². The van der Waals surface area contributed by atoms with Crippen molar-refractivity contribution < 1.29 is 19.1 Å². The highest BCUT2D eigenvalue weighted by Gasteiger charge is 2.19. The van der Waals surface area contributed by atoms with Gasteiger partial charge in [0.1, 0.15) is 6.54 Å². The maximum Gasteiger partial charge on any atom is 0.306 e. The molecular weight excluding hydrogens is 396 g/mol. The SMILES string of the molecule is COC1=CC=C([C@H](C)CCOC2=NN(C)CC(=O)C(NCC3=CNNS3)=C2)NO1. The zero-order valence-electron chi connectivity index (χ0n) is 16.7. The number of carbonyl (C=O) groups excluding carboxylic acids is 1. The van der Waals surface area contributed by atoms with Crippen LogP contribution in [0, 0.1) is 5.92 Å². The second kappa shape index (κ2) is 10.1. The predicted octanol–water partition coefficient (Wildman–Crippen LogP) is 0.835. The first kappa shape index (κ1) is 20.9. The Balaban J connectivity index is 1.54. The first-order valence-corrected chi connectivity index (χ1v) is 10.0. The molecular formula is C18H26N6O4S. The van der Waals surface area contributed by atoms with Gasteiger partial charge in [-0.05, 0) is 24.4 Å². The molecule has 3 aliphatic heterocycles. The third kappa shape index (κ3) is 6.09. The van der Waals surface area contributed by atoms with Gasteiger partial charge in [0.2, 0.25) is 5.90 Å². The molecule has 0 aromatic heterocycles. The minimum atomic E-state index is -0.0397. The van der Waals surface area contributed by atoms with Crippen LogP contribution >= 0.6 is 11.9 Å². The first-order valence-electron chi connectivity index (χ1n) is 9.21. The van der Waals surface area contributed by atoms with Crippen molar-refractivity contribution in [3.63, 3.8) is 0 Å². The van der Waals surface area contributed by atoms with Crippen LogP contribution in [-0.4, -0.2) is 50.5 Å². The number of hydrazine groups is 1. The zero-order chi connectivity index (χ0) is 20.6. The van der Waals surface area contributed by atoms with E-state index in [1.165, 1.54) is 11.9 Å². The van der Waals surface area contributed by atoms with Gasteiger partial charge in [-0.15, -0.1) is 5.10 Å². The topological polar surface area (TPSA) is 108 Å². The van der Waals surface area contributed by atoms with Gasteiger partial charge in [0, 0.05) is 42.8 Å². The van der Waals surface area contributed by atoms with Gasteiger partial charge in [-0.1, -0.05) is 6.92 Å². The lowest BCUT2D eigenvalue weighted by Crippen LogP contribution is -2.28. The molecule has 3 heterocycles. The number of ether oxygens (including phenoxy) is 2. The Labute approximate surface area is 174 Å². The van der Waals surface area contributed by atoms with Gasteiger partial charge in [0.05, 0.1) is 25.1 Å². The van der Waals surface area contributed by atoms with Crippen molar-refractivity contribution in [3.05, 3.63) is 46.7 Å². The van der Waals surface area contributed by atoms with Crippen LogP contribution in [0.1, 0.15) is 13.3 Å². The van der Waals surface area contributed by atoms with Crippen LogP contribution in [0.3, 0.4) is 0 Å². The Hall–Kier alpha value is -2.79. The molecule has 0 saturated heterocycles. The number of nitrogens with zero attached hydrogens (tertiary/aromatic N) is 2. The van der Waals surface area contributed by atoms with E-state index in [4.69, 9.17) is 14.3 Å². The summed E-state index contributed by atoms with van der Waals surface area (Å²) in [5.41, 5.74) is 7.18. The molecule has 4 N–H and O–H groups in total. The first-order chi connectivity index (χ1) is 14.0. The monoisotopic (exact) mass is 422 g/mol. The molecule has 0 aromatic rings. The molecule has 1 atom stereocenters. The normalized spacial score (nSPS) is 19.9. The lowest BCUT2D eigenvalue weighted by Gasteiger charge is -2.21. The summed E-state index contributed by atoms with van der Waals surface area (Å²) in [6.45, 7) is 3.24. The van der Waals surface area contributed by atoms with Crippen LogP contribution in [0.25, 0.3) is 0 Å². The van der Waals surface area contributed by atoms with Crippen LogP contribution in [0.4, 0.5) is 0 Å². The molecule has 0 spiro atoms. The molecule has 0 bridgehead atoms. The lowest BCUT2D eigenvalue weighted by molar-refractivity contribution is -0.116. The van der Waals surface area contributed by atoms with Crippen LogP contribution in [0.15, 0.2) is 51.8 Å². The summed E-state index contributed by atoms with van der Waals surface area (Å²) in [4.78, 5) is 21.6. The van der Waals surface area contributed by atoms with E-state index in [0.717, 1.165) is 17.0 Å². The number of hydrogen-bond acceptors (Lipinski definition) is 11. The number of methoxy groups -OCH3 is 1. The molecule has 0 radical (unpaired) electrons. The Morgan fingerprint density at radius 1 is 1.45 bits per heavy atom. The molecule has 3 rings (SSSR count). The van der Waals surface area contributed by atoms with Gasteiger partial charge >= 0.3 is 5.95 Å². The Kier molecular flexibility index (Phi) is 7.30. The van der Waals surface area contributed by atoms with E-state index >= 15 is 0 Å². The summed E-state index contributed by atoms with van der Waals surface area (Å²) in [5.74, 6) is 0.965. The standard InChI is InChI=1S/C18H26N6O4S/c1-12(14-4-5-18(26-3)28-22-14)6-7-27-17-8-15(16(25)11-24(2)21-17)19-9-13-10-20-23-29-13/h4-5,8,10,12,19-20,22-23H,6-7,9,11H2,1-3H3/t12-/m1/s1. The third-order valence-corrected chi connectivity index (χ3v) is 5.08. The largest absolute Gasteiger partial charge is 0.477 e. The summed E-state index contributed by atoms with van der Waals surface area (Å²) >= 11 is 1.46. The van der Waals surface area contributed by atoms with Gasteiger partial charge < -0.3 is 25.1 Å². The van der Waals surface area contributed by atoms with Crippen molar-refractivity contribution in [2.24, 2.45) is 11.0 Å². The Morgan fingerprint density at radius 3 is 3.00 bits per heavy atom. The molecule has 3 aliphatic rings. The molecule has 11 heteroatoms. The number of hydroxylamine groups is 1. The number of rotatable bonds is 8. The molecule has 0 fully saturated rings. The average molecular weight is 423 g/mol. The number of Topliss-reactive ketones (excluding diaryl/α,β-unsaturated/α-hetero) is 1. The Morgan fingerprint density at radius 2 is 2.31 bits per heavy atom. The van der Waals surface area contributed by atoms with Crippen LogP contribution in [-0.2, 0) is 19.1 Å².